The van der Waals surface area contributed by atoms with Gasteiger partial charge in [0.05, 0.1) is 16.3 Å². The van der Waals surface area contributed by atoms with E-state index in [1.54, 1.807) is 18.2 Å². The molecule has 7 nitrogen and oxygen atoms in total. The summed E-state index contributed by atoms with van der Waals surface area (Å²) in [6, 6.07) is 18.0. The van der Waals surface area contributed by atoms with Crippen molar-refractivity contribution >= 4 is 62.1 Å². The average Bonchev–Trinajstić information content (AvgIpc) is 3.16. The second-order valence-electron chi connectivity index (χ2n) is 6.77. The summed E-state index contributed by atoms with van der Waals surface area (Å²) in [5, 5.41) is 4.29. The van der Waals surface area contributed by atoms with Gasteiger partial charge in [0.15, 0.2) is 11.5 Å². The molecule has 0 aromatic heterocycles. The Kier molecular flexibility index (Phi) is 6.73. The lowest BCUT2D eigenvalue weighted by atomic mass is 10.0. The molecule has 0 N–H and O–H groups in total. The molecule has 0 atom stereocenters. The fourth-order valence-electron chi connectivity index (χ4n) is 3.04. The molecule has 1 heterocycles. The Morgan fingerprint density at radius 2 is 1.76 bits per heavy atom. The molecule has 0 saturated carbocycles. The number of nitrogens with zero attached hydrogens (tertiary/aromatic N) is 1. The van der Waals surface area contributed by atoms with Crippen molar-refractivity contribution in [3.8, 4) is 11.5 Å². The van der Waals surface area contributed by atoms with E-state index in [-0.39, 0.29) is 22.0 Å². The standard InChI is InChI=1S/C23H15ClINO6S/c1-30-20-13-14(11-18-21(26-31-23(18)27)15-5-3-2-4-6-15)12-19(25)22(20)32-33(28,29)17-9-7-16(24)8-10-17/h2-13H,1H3/b18-11-. The van der Waals surface area contributed by atoms with E-state index in [4.69, 9.17) is 25.4 Å². The topological polar surface area (TPSA) is 91.3 Å². The predicted molar refractivity (Wildman–Crippen MR) is 132 cm³/mol. The van der Waals surface area contributed by atoms with Crippen molar-refractivity contribution in [3.05, 3.63) is 92.0 Å². The van der Waals surface area contributed by atoms with Gasteiger partial charge in [0.1, 0.15) is 10.6 Å². The van der Waals surface area contributed by atoms with E-state index in [1.807, 2.05) is 52.9 Å². The van der Waals surface area contributed by atoms with Crippen LogP contribution in [0.2, 0.25) is 5.02 Å². The van der Waals surface area contributed by atoms with Crippen LogP contribution in [0, 0.1) is 3.57 Å². The molecule has 0 bridgehead atoms. The van der Waals surface area contributed by atoms with E-state index in [2.05, 4.69) is 5.16 Å². The second-order valence-corrected chi connectivity index (χ2v) is 9.91. The van der Waals surface area contributed by atoms with Crippen molar-refractivity contribution in [2.75, 3.05) is 7.11 Å². The first-order valence-electron chi connectivity index (χ1n) is 9.43. The highest BCUT2D eigenvalue weighted by Gasteiger charge is 2.27. The van der Waals surface area contributed by atoms with E-state index in [9.17, 15) is 13.2 Å². The highest BCUT2D eigenvalue weighted by atomic mass is 127. The minimum Gasteiger partial charge on any atom is -0.493 e. The van der Waals surface area contributed by atoms with Gasteiger partial charge in [-0.2, -0.15) is 8.42 Å². The largest absolute Gasteiger partial charge is 0.493 e. The molecule has 4 rings (SSSR count). The Morgan fingerprint density at radius 3 is 2.42 bits per heavy atom. The monoisotopic (exact) mass is 595 g/mol. The van der Waals surface area contributed by atoms with Gasteiger partial charge in [-0.1, -0.05) is 47.1 Å². The Morgan fingerprint density at radius 1 is 1.06 bits per heavy atom. The number of benzene rings is 3. The molecule has 10 heteroatoms. The maximum absolute atomic E-state index is 12.7. The van der Waals surface area contributed by atoms with E-state index in [0.717, 1.165) is 5.56 Å². The van der Waals surface area contributed by atoms with E-state index >= 15 is 0 Å². The van der Waals surface area contributed by atoms with Gasteiger partial charge in [-0.05, 0) is 70.6 Å². The zero-order valence-electron chi connectivity index (χ0n) is 17.0. The molecule has 0 aliphatic carbocycles. The number of hydrogen-bond acceptors (Lipinski definition) is 7. The van der Waals surface area contributed by atoms with Crippen molar-refractivity contribution in [2.45, 2.75) is 4.90 Å². The molecule has 3 aromatic rings. The first-order chi connectivity index (χ1) is 15.8. The van der Waals surface area contributed by atoms with Crippen molar-refractivity contribution in [1.82, 2.24) is 0 Å². The quantitative estimate of drug-likeness (QED) is 0.171. The molecular weight excluding hydrogens is 581 g/mol. The SMILES string of the molecule is COc1cc(/C=C2\C(=O)ON=C2c2ccccc2)cc(I)c1OS(=O)(=O)c1ccc(Cl)cc1. The molecule has 168 valence electrons. The molecule has 0 amide bonds. The van der Waals surface area contributed by atoms with Gasteiger partial charge in [-0.25, -0.2) is 4.79 Å². The third-order valence-corrected chi connectivity index (χ3v) is 6.89. The Labute approximate surface area is 208 Å². The van der Waals surface area contributed by atoms with E-state index in [1.165, 1.54) is 31.4 Å². The molecule has 0 spiro atoms. The second kappa shape index (κ2) is 9.54. The summed E-state index contributed by atoms with van der Waals surface area (Å²) < 4.78 is 36.7. The van der Waals surface area contributed by atoms with Crippen LogP contribution in [0.15, 0.2) is 82.4 Å². The van der Waals surface area contributed by atoms with Crippen LogP contribution in [-0.2, 0) is 19.8 Å². The smallest absolute Gasteiger partial charge is 0.368 e. The number of hydrogen-bond donors (Lipinski definition) is 0. The highest BCUT2D eigenvalue weighted by Crippen LogP contribution is 2.37. The maximum Gasteiger partial charge on any atom is 0.368 e. The number of halogens is 2. The summed E-state index contributed by atoms with van der Waals surface area (Å²) in [7, 11) is -2.73. The lowest BCUT2D eigenvalue weighted by Crippen LogP contribution is -2.11. The number of carbonyl (C=O) groups is 1. The van der Waals surface area contributed by atoms with Crippen LogP contribution in [0.5, 0.6) is 11.5 Å². The van der Waals surface area contributed by atoms with Crippen molar-refractivity contribution in [1.29, 1.82) is 0 Å². The lowest BCUT2D eigenvalue weighted by Gasteiger charge is -2.14. The van der Waals surface area contributed by atoms with Crippen LogP contribution in [0.25, 0.3) is 6.08 Å². The van der Waals surface area contributed by atoms with E-state index < -0.39 is 16.1 Å². The summed E-state index contributed by atoms with van der Waals surface area (Å²) in [6.07, 6.45) is 1.60. The molecule has 0 saturated heterocycles. The van der Waals surface area contributed by atoms with Gasteiger partial charge in [-0.3, -0.25) is 0 Å². The lowest BCUT2D eigenvalue weighted by molar-refractivity contribution is -0.136. The number of carbonyl (C=O) groups excluding carboxylic acids is 1. The molecule has 1 aliphatic heterocycles. The van der Waals surface area contributed by atoms with Crippen LogP contribution in [0.3, 0.4) is 0 Å². The molecule has 33 heavy (non-hydrogen) atoms. The molecular formula is C23H15ClINO6S. The average molecular weight is 596 g/mol. The minimum atomic E-state index is -4.13. The maximum atomic E-state index is 12.7. The van der Waals surface area contributed by atoms with Crippen molar-refractivity contribution in [2.24, 2.45) is 5.16 Å². The Hall–Kier alpha value is -2.89. The van der Waals surface area contributed by atoms with Crippen LogP contribution >= 0.6 is 34.2 Å². The predicted octanol–water partition coefficient (Wildman–Crippen LogP) is 5.07. The van der Waals surface area contributed by atoms with Gasteiger partial charge < -0.3 is 13.8 Å². The molecule has 0 fully saturated rings. The normalized spacial score (nSPS) is 14.7. The molecule has 1 aliphatic rings. The van der Waals surface area contributed by atoms with Gasteiger partial charge in [-0.15, -0.1) is 0 Å². The van der Waals surface area contributed by atoms with Crippen LogP contribution in [0.4, 0.5) is 0 Å². The van der Waals surface area contributed by atoms with Crippen molar-refractivity contribution in [3.63, 3.8) is 0 Å². The molecule has 3 aromatic carbocycles. The van der Waals surface area contributed by atoms with Crippen LogP contribution in [0.1, 0.15) is 11.1 Å². The fourth-order valence-corrected chi connectivity index (χ4v) is 5.01. The molecule has 0 radical (unpaired) electrons. The third-order valence-electron chi connectivity index (χ3n) is 4.60. The van der Waals surface area contributed by atoms with Gasteiger partial charge >= 0.3 is 16.1 Å². The zero-order chi connectivity index (χ0) is 23.6. The zero-order valence-corrected chi connectivity index (χ0v) is 20.7. The van der Waals surface area contributed by atoms with Crippen molar-refractivity contribution < 1.29 is 27.0 Å². The Bertz CT molecular complexity index is 1390. The summed E-state index contributed by atoms with van der Waals surface area (Å²) in [5.74, 6) is -0.384. The number of ether oxygens (including phenoxy) is 1. The van der Waals surface area contributed by atoms with E-state index in [0.29, 0.717) is 19.9 Å². The number of methoxy groups -OCH3 is 1. The van der Waals surface area contributed by atoms with Crippen LogP contribution in [-0.4, -0.2) is 27.2 Å². The summed E-state index contributed by atoms with van der Waals surface area (Å²) in [5.41, 5.74) is 1.97. The van der Waals surface area contributed by atoms with Gasteiger partial charge in [0, 0.05) is 10.6 Å². The first kappa shape index (κ1) is 23.3. The summed E-state index contributed by atoms with van der Waals surface area (Å²) in [6.45, 7) is 0. The fraction of sp³-hybridized carbons (Fsp3) is 0.0435. The minimum absolute atomic E-state index is 0.0288. The third kappa shape index (κ3) is 5.05. The first-order valence-corrected chi connectivity index (χ1v) is 12.3. The number of oxime groups is 1. The van der Waals surface area contributed by atoms with Gasteiger partial charge in [0.25, 0.3) is 0 Å². The summed E-state index contributed by atoms with van der Waals surface area (Å²) in [4.78, 5) is 17.1. The highest BCUT2D eigenvalue weighted by molar-refractivity contribution is 14.1. The van der Waals surface area contributed by atoms with Crippen LogP contribution < -0.4 is 8.92 Å². The molecule has 0 unspecified atom stereocenters. The van der Waals surface area contributed by atoms with Gasteiger partial charge in [0.2, 0.25) is 0 Å². The summed E-state index contributed by atoms with van der Waals surface area (Å²) >= 11 is 7.78. The number of rotatable bonds is 6. The Balaban J connectivity index is 1.70.